The number of pyridine rings is 1. The summed E-state index contributed by atoms with van der Waals surface area (Å²) in [4.78, 5) is 10.6. The number of nitrogens with zero attached hydrogens (tertiary/aromatic N) is 3. The summed E-state index contributed by atoms with van der Waals surface area (Å²) in [5.74, 6) is -1.25. The lowest BCUT2D eigenvalue weighted by molar-refractivity contribution is 0.576. The molecule has 2 aromatic rings. The van der Waals surface area contributed by atoms with E-state index in [4.69, 9.17) is 0 Å². The largest absolute Gasteiger partial charge is 0.321 e. The lowest BCUT2D eigenvalue weighted by Gasteiger charge is -2.24. The molecule has 0 saturated heterocycles. The number of allylic oxidation sites excluding steroid dienone is 3. The molecule has 0 saturated carbocycles. The van der Waals surface area contributed by atoms with E-state index in [9.17, 15) is 4.39 Å². The lowest BCUT2D eigenvalue weighted by Crippen LogP contribution is -2.17. The third kappa shape index (κ3) is 4.33. The van der Waals surface area contributed by atoms with Gasteiger partial charge in [0.2, 0.25) is 0 Å². The van der Waals surface area contributed by atoms with Gasteiger partial charge in [0.15, 0.2) is 0 Å². The molecule has 1 aliphatic rings. The van der Waals surface area contributed by atoms with Gasteiger partial charge in [-0.05, 0) is 55.5 Å². The molecule has 166 valence electrons. The van der Waals surface area contributed by atoms with E-state index in [0.717, 1.165) is 34.5 Å². The summed E-state index contributed by atoms with van der Waals surface area (Å²) in [6, 6.07) is 4.64. The van der Waals surface area contributed by atoms with Gasteiger partial charge in [-0.15, -0.1) is 0 Å². The summed E-state index contributed by atoms with van der Waals surface area (Å²) in [5, 5.41) is 0. The standard InChI is InChI=1S/C27H29F2N3/c1-8-18(6)19(7)24-14-30-23(15-32(24)9-2)25-22(28)11-10-20(26(25)29)21-12-17(5)13-31-27(21)16(3)4/h9-16H,2,6,8H2,1,3-5,7H3/b24-19+. The van der Waals surface area contributed by atoms with E-state index in [2.05, 4.69) is 23.1 Å². The van der Waals surface area contributed by atoms with Crippen molar-refractivity contribution in [3.63, 3.8) is 0 Å². The molecule has 0 fully saturated rings. The van der Waals surface area contributed by atoms with Crippen molar-refractivity contribution in [2.45, 2.75) is 47.0 Å². The van der Waals surface area contributed by atoms with E-state index in [-0.39, 0.29) is 17.2 Å². The highest BCUT2D eigenvalue weighted by Gasteiger charge is 2.24. The van der Waals surface area contributed by atoms with Crippen LogP contribution in [0.4, 0.5) is 8.78 Å². The zero-order chi connectivity index (χ0) is 23.6. The van der Waals surface area contributed by atoms with Gasteiger partial charge in [-0.3, -0.25) is 9.98 Å². The second kappa shape index (κ2) is 9.43. The molecule has 32 heavy (non-hydrogen) atoms. The van der Waals surface area contributed by atoms with Crippen molar-refractivity contribution < 1.29 is 8.78 Å². The van der Waals surface area contributed by atoms with Crippen molar-refractivity contribution in [1.82, 2.24) is 9.88 Å². The highest BCUT2D eigenvalue weighted by atomic mass is 19.1. The van der Waals surface area contributed by atoms with Crippen LogP contribution in [0.1, 0.15) is 56.9 Å². The number of hydrogen-bond donors (Lipinski definition) is 0. The smallest absolute Gasteiger partial charge is 0.143 e. The Morgan fingerprint density at radius 3 is 2.56 bits per heavy atom. The number of aliphatic imine (C=N–C) groups is 1. The van der Waals surface area contributed by atoms with E-state index >= 15 is 4.39 Å². The van der Waals surface area contributed by atoms with Crippen LogP contribution in [0.2, 0.25) is 0 Å². The maximum absolute atomic E-state index is 15.8. The molecule has 0 aliphatic carbocycles. The maximum atomic E-state index is 15.8. The quantitative estimate of drug-likeness (QED) is 0.471. The van der Waals surface area contributed by atoms with Gasteiger partial charge in [0.1, 0.15) is 11.6 Å². The number of aromatic nitrogens is 1. The number of halogens is 2. The number of hydrogen-bond acceptors (Lipinski definition) is 3. The van der Waals surface area contributed by atoms with Crippen molar-refractivity contribution in [3.05, 3.63) is 95.3 Å². The van der Waals surface area contributed by atoms with E-state index < -0.39 is 11.6 Å². The second-order valence-electron chi connectivity index (χ2n) is 8.21. The van der Waals surface area contributed by atoms with Crippen LogP contribution in [0.15, 0.2) is 71.8 Å². The highest BCUT2D eigenvalue weighted by molar-refractivity contribution is 5.89. The monoisotopic (exact) mass is 433 g/mol. The van der Waals surface area contributed by atoms with Crippen molar-refractivity contribution in [1.29, 1.82) is 0 Å². The van der Waals surface area contributed by atoms with Crippen LogP contribution in [0, 0.1) is 18.6 Å². The normalized spacial score (nSPS) is 15.1. The second-order valence-corrected chi connectivity index (χ2v) is 8.21. The zero-order valence-electron chi connectivity index (χ0n) is 19.3. The predicted octanol–water partition coefficient (Wildman–Crippen LogP) is 7.53. The van der Waals surface area contributed by atoms with E-state index in [0.29, 0.717) is 11.1 Å². The Bertz CT molecular complexity index is 1170. The highest BCUT2D eigenvalue weighted by Crippen LogP contribution is 2.36. The van der Waals surface area contributed by atoms with E-state index in [1.165, 1.54) is 12.1 Å². The Morgan fingerprint density at radius 1 is 1.22 bits per heavy atom. The van der Waals surface area contributed by atoms with Gasteiger partial charge in [-0.2, -0.15) is 0 Å². The Morgan fingerprint density at radius 2 is 1.94 bits per heavy atom. The fraction of sp³-hybridized carbons (Fsp3) is 0.259. The zero-order valence-corrected chi connectivity index (χ0v) is 19.3. The van der Waals surface area contributed by atoms with Gasteiger partial charge < -0.3 is 4.90 Å². The van der Waals surface area contributed by atoms with Gasteiger partial charge in [0, 0.05) is 29.7 Å². The minimum atomic E-state index is -0.674. The molecule has 2 heterocycles. The summed E-state index contributed by atoms with van der Waals surface area (Å²) in [6.07, 6.45) is 7.34. The summed E-state index contributed by atoms with van der Waals surface area (Å²) < 4.78 is 30.7. The molecule has 0 spiro atoms. The van der Waals surface area contributed by atoms with Crippen molar-refractivity contribution >= 4 is 11.9 Å². The molecule has 0 N–H and O–H groups in total. The third-order valence-electron chi connectivity index (χ3n) is 5.64. The van der Waals surface area contributed by atoms with Crippen molar-refractivity contribution in [2.24, 2.45) is 4.99 Å². The van der Waals surface area contributed by atoms with Gasteiger partial charge in [-0.1, -0.05) is 39.5 Å². The Labute approximate surface area is 189 Å². The Kier molecular flexibility index (Phi) is 6.87. The van der Waals surface area contributed by atoms with Crippen molar-refractivity contribution in [2.75, 3.05) is 0 Å². The first kappa shape index (κ1) is 23.3. The van der Waals surface area contributed by atoms with Crippen LogP contribution in [0.25, 0.3) is 16.8 Å². The molecule has 0 amide bonds. The van der Waals surface area contributed by atoms with Crippen LogP contribution in [-0.4, -0.2) is 16.1 Å². The van der Waals surface area contributed by atoms with E-state index in [1.54, 1.807) is 29.7 Å². The molecular weight excluding hydrogens is 404 g/mol. The first-order valence-electron chi connectivity index (χ1n) is 10.7. The molecule has 3 rings (SSSR count). The molecule has 3 nitrogen and oxygen atoms in total. The summed E-state index contributed by atoms with van der Waals surface area (Å²) in [6.45, 7) is 17.8. The molecule has 0 bridgehead atoms. The van der Waals surface area contributed by atoms with Crippen LogP contribution < -0.4 is 0 Å². The first-order chi connectivity index (χ1) is 15.2. The fourth-order valence-electron chi connectivity index (χ4n) is 3.70. The van der Waals surface area contributed by atoms with Gasteiger partial charge >= 0.3 is 0 Å². The average molecular weight is 434 g/mol. The average Bonchev–Trinajstić information content (AvgIpc) is 2.77. The molecule has 0 unspecified atom stereocenters. The molecule has 1 aromatic heterocycles. The number of rotatable bonds is 6. The molecule has 1 aliphatic heterocycles. The first-order valence-corrected chi connectivity index (χ1v) is 10.7. The molecule has 5 heteroatoms. The third-order valence-corrected chi connectivity index (χ3v) is 5.64. The fourth-order valence-corrected chi connectivity index (χ4v) is 3.70. The minimum Gasteiger partial charge on any atom is -0.321 e. The Balaban J connectivity index is 2.17. The molecule has 1 aromatic carbocycles. The molecule has 0 radical (unpaired) electrons. The lowest BCUT2D eigenvalue weighted by atomic mass is 9.94. The SMILES string of the molecule is C=CN1C=C(c2c(F)ccc(-c3cc(C)cnc3C(C)C)c2F)N=C/C1=C(/C)C(=C)CC. The summed E-state index contributed by atoms with van der Waals surface area (Å²) in [7, 11) is 0. The van der Waals surface area contributed by atoms with Crippen molar-refractivity contribution in [3.8, 4) is 11.1 Å². The number of benzene rings is 1. The summed E-state index contributed by atoms with van der Waals surface area (Å²) in [5.41, 5.74) is 5.34. The van der Waals surface area contributed by atoms with Gasteiger partial charge in [0.25, 0.3) is 0 Å². The van der Waals surface area contributed by atoms with Gasteiger partial charge in [0.05, 0.1) is 28.9 Å². The van der Waals surface area contributed by atoms with Crippen LogP contribution in [0.5, 0.6) is 0 Å². The van der Waals surface area contributed by atoms with Crippen LogP contribution in [-0.2, 0) is 0 Å². The molecular formula is C27H29F2N3. The number of aryl methyl sites for hydroxylation is 1. The Hall–Kier alpha value is -3.34. The maximum Gasteiger partial charge on any atom is 0.143 e. The van der Waals surface area contributed by atoms with Gasteiger partial charge in [-0.25, -0.2) is 8.78 Å². The predicted molar refractivity (Wildman–Crippen MR) is 129 cm³/mol. The topological polar surface area (TPSA) is 28.5 Å². The van der Waals surface area contributed by atoms with Crippen LogP contribution >= 0.6 is 0 Å². The molecule has 0 atom stereocenters. The summed E-state index contributed by atoms with van der Waals surface area (Å²) >= 11 is 0. The van der Waals surface area contributed by atoms with Crippen LogP contribution in [0.3, 0.4) is 0 Å². The van der Waals surface area contributed by atoms with E-state index in [1.807, 2.05) is 40.7 Å². The minimum absolute atomic E-state index is 0.0870.